The number of nitrogens with zero attached hydrogens (tertiary/aromatic N) is 1. The molecule has 0 radical (unpaired) electrons. The molecule has 0 atom stereocenters. The van der Waals surface area contributed by atoms with Crippen LogP contribution in [0, 0.1) is 27.7 Å². The van der Waals surface area contributed by atoms with Crippen molar-refractivity contribution in [1.29, 1.82) is 0 Å². The van der Waals surface area contributed by atoms with Crippen LogP contribution in [0.25, 0.3) is 5.57 Å². The first-order valence-corrected chi connectivity index (χ1v) is 11.4. The van der Waals surface area contributed by atoms with E-state index in [2.05, 4.69) is 5.32 Å². The van der Waals surface area contributed by atoms with Gasteiger partial charge in [-0.25, -0.2) is 0 Å². The van der Waals surface area contributed by atoms with Crippen molar-refractivity contribution in [2.75, 3.05) is 19.0 Å². The van der Waals surface area contributed by atoms with Crippen molar-refractivity contribution >= 4 is 23.1 Å². The normalized spacial score (nSPS) is 13.6. The van der Waals surface area contributed by atoms with E-state index in [1.54, 1.807) is 7.11 Å². The molecule has 1 aliphatic rings. The van der Waals surface area contributed by atoms with Crippen LogP contribution in [-0.2, 0) is 16.0 Å². The molecule has 0 saturated heterocycles. The lowest BCUT2D eigenvalue weighted by Gasteiger charge is -2.16. The van der Waals surface area contributed by atoms with Crippen molar-refractivity contribution in [3.05, 3.63) is 99.7 Å². The molecule has 2 amide bonds. The molecule has 0 bridgehead atoms. The standard InChI is InChI=1S/C29H30N2O3/c1-18-9-14-24(20(3)17-18)26-27(30-25-8-6-7-19(2)21(25)4)29(33)31(28(26)32)16-15-22-10-12-23(34-5)13-11-22/h6-14,17,30H,15-16H2,1-5H3. The third-order valence-corrected chi connectivity index (χ3v) is 6.47. The summed E-state index contributed by atoms with van der Waals surface area (Å²) >= 11 is 0. The molecule has 5 heteroatoms. The summed E-state index contributed by atoms with van der Waals surface area (Å²) in [6.45, 7) is 8.34. The van der Waals surface area contributed by atoms with Crippen LogP contribution >= 0.6 is 0 Å². The number of rotatable bonds is 7. The number of ether oxygens (including phenoxy) is 1. The second-order valence-electron chi connectivity index (χ2n) is 8.80. The van der Waals surface area contributed by atoms with Gasteiger partial charge >= 0.3 is 0 Å². The fraction of sp³-hybridized carbons (Fsp3) is 0.241. The first-order valence-electron chi connectivity index (χ1n) is 11.4. The fourth-order valence-corrected chi connectivity index (χ4v) is 4.29. The highest BCUT2D eigenvalue weighted by molar-refractivity contribution is 6.36. The van der Waals surface area contributed by atoms with Gasteiger partial charge in [-0.15, -0.1) is 0 Å². The van der Waals surface area contributed by atoms with Crippen LogP contribution < -0.4 is 10.1 Å². The van der Waals surface area contributed by atoms with E-state index in [9.17, 15) is 9.59 Å². The van der Waals surface area contributed by atoms with Gasteiger partial charge < -0.3 is 10.1 Å². The Balaban J connectivity index is 1.69. The zero-order valence-electron chi connectivity index (χ0n) is 20.4. The maximum atomic E-state index is 13.6. The van der Waals surface area contributed by atoms with Gasteiger partial charge in [-0.2, -0.15) is 0 Å². The zero-order valence-corrected chi connectivity index (χ0v) is 20.4. The van der Waals surface area contributed by atoms with Crippen LogP contribution in [0.5, 0.6) is 5.75 Å². The maximum Gasteiger partial charge on any atom is 0.278 e. The molecule has 1 aliphatic heterocycles. The topological polar surface area (TPSA) is 58.6 Å². The van der Waals surface area contributed by atoms with E-state index in [1.807, 2.05) is 88.4 Å². The number of carbonyl (C=O) groups is 2. The summed E-state index contributed by atoms with van der Waals surface area (Å²) in [6, 6.07) is 19.5. The van der Waals surface area contributed by atoms with Crippen molar-refractivity contribution in [1.82, 2.24) is 4.90 Å². The van der Waals surface area contributed by atoms with Gasteiger partial charge in [0.2, 0.25) is 0 Å². The third-order valence-electron chi connectivity index (χ3n) is 6.47. The van der Waals surface area contributed by atoms with Crippen molar-refractivity contribution in [2.24, 2.45) is 0 Å². The van der Waals surface area contributed by atoms with E-state index in [0.29, 0.717) is 24.2 Å². The molecule has 0 saturated carbocycles. The summed E-state index contributed by atoms with van der Waals surface area (Å²) in [5, 5.41) is 3.31. The lowest BCUT2D eigenvalue weighted by molar-refractivity contribution is -0.136. The fourth-order valence-electron chi connectivity index (χ4n) is 4.29. The van der Waals surface area contributed by atoms with Crippen molar-refractivity contribution in [3.63, 3.8) is 0 Å². The lowest BCUT2D eigenvalue weighted by Crippen LogP contribution is -2.34. The average molecular weight is 455 g/mol. The number of carbonyl (C=O) groups excluding carboxylic acids is 2. The molecule has 3 aromatic rings. The molecule has 0 fully saturated rings. The van der Waals surface area contributed by atoms with Gasteiger partial charge in [0.05, 0.1) is 12.7 Å². The number of hydrogen-bond donors (Lipinski definition) is 1. The highest BCUT2D eigenvalue weighted by Crippen LogP contribution is 2.33. The Bertz CT molecular complexity index is 1290. The number of nitrogens with one attached hydrogen (secondary N) is 1. The highest BCUT2D eigenvalue weighted by Gasteiger charge is 2.39. The summed E-state index contributed by atoms with van der Waals surface area (Å²) in [4.78, 5) is 28.5. The zero-order chi connectivity index (χ0) is 24.4. The number of amides is 2. The summed E-state index contributed by atoms with van der Waals surface area (Å²) in [5.41, 5.74) is 7.65. The molecule has 174 valence electrons. The molecule has 0 aromatic heterocycles. The number of aryl methyl sites for hydroxylation is 3. The minimum absolute atomic E-state index is 0.265. The Morgan fingerprint density at radius 2 is 1.59 bits per heavy atom. The average Bonchev–Trinajstić information content (AvgIpc) is 3.05. The highest BCUT2D eigenvalue weighted by atomic mass is 16.5. The van der Waals surface area contributed by atoms with Gasteiger partial charge in [0.25, 0.3) is 11.8 Å². The van der Waals surface area contributed by atoms with Crippen LogP contribution in [0.15, 0.2) is 66.4 Å². The van der Waals surface area contributed by atoms with Crippen LogP contribution in [0.1, 0.15) is 33.4 Å². The van der Waals surface area contributed by atoms with Crippen LogP contribution in [0.2, 0.25) is 0 Å². The van der Waals surface area contributed by atoms with Gasteiger partial charge in [-0.3, -0.25) is 14.5 Å². The van der Waals surface area contributed by atoms with Gasteiger partial charge in [-0.05, 0) is 80.1 Å². The molecule has 1 N–H and O–H groups in total. The summed E-state index contributed by atoms with van der Waals surface area (Å²) < 4.78 is 5.22. The molecule has 5 nitrogen and oxygen atoms in total. The summed E-state index contributed by atoms with van der Waals surface area (Å²) in [5.74, 6) is 0.212. The Hall–Kier alpha value is -3.86. The van der Waals surface area contributed by atoms with E-state index >= 15 is 0 Å². The van der Waals surface area contributed by atoms with E-state index in [4.69, 9.17) is 4.74 Å². The van der Waals surface area contributed by atoms with Crippen LogP contribution in [0.3, 0.4) is 0 Å². The number of anilines is 1. The third kappa shape index (κ3) is 4.46. The van der Waals surface area contributed by atoms with Gasteiger partial charge in [0, 0.05) is 12.2 Å². The van der Waals surface area contributed by atoms with Crippen molar-refractivity contribution in [3.8, 4) is 5.75 Å². The second kappa shape index (κ2) is 9.56. The summed E-state index contributed by atoms with van der Waals surface area (Å²) in [7, 11) is 1.63. The Morgan fingerprint density at radius 1 is 0.853 bits per heavy atom. The SMILES string of the molecule is COc1ccc(CCN2C(=O)C(Nc3cccc(C)c3C)=C(c3ccc(C)cc3C)C2=O)cc1. The largest absolute Gasteiger partial charge is 0.497 e. The molecule has 0 spiro atoms. The number of benzene rings is 3. The predicted molar refractivity (Wildman–Crippen MR) is 136 cm³/mol. The molecule has 1 heterocycles. The first kappa shape index (κ1) is 23.3. The van der Waals surface area contributed by atoms with Gasteiger partial charge in [0.15, 0.2) is 0 Å². The van der Waals surface area contributed by atoms with Gasteiger partial charge in [-0.1, -0.05) is 48.0 Å². The monoisotopic (exact) mass is 454 g/mol. The molecule has 34 heavy (non-hydrogen) atoms. The Morgan fingerprint density at radius 3 is 2.26 bits per heavy atom. The molecule has 3 aromatic carbocycles. The van der Waals surface area contributed by atoms with Crippen molar-refractivity contribution in [2.45, 2.75) is 34.1 Å². The number of hydrogen-bond acceptors (Lipinski definition) is 4. The molecule has 0 aliphatic carbocycles. The van der Waals surface area contributed by atoms with E-state index in [1.165, 1.54) is 4.90 Å². The van der Waals surface area contributed by atoms with Gasteiger partial charge in [0.1, 0.15) is 11.4 Å². The smallest absolute Gasteiger partial charge is 0.278 e. The summed E-state index contributed by atoms with van der Waals surface area (Å²) in [6.07, 6.45) is 0.568. The van der Waals surface area contributed by atoms with Crippen LogP contribution in [-0.4, -0.2) is 30.4 Å². The number of imide groups is 1. The maximum absolute atomic E-state index is 13.6. The van der Waals surface area contributed by atoms with Crippen molar-refractivity contribution < 1.29 is 14.3 Å². The Kier molecular flexibility index (Phi) is 6.55. The van der Waals surface area contributed by atoms with E-state index in [0.717, 1.165) is 44.8 Å². The molecular weight excluding hydrogens is 424 g/mol. The lowest BCUT2D eigenvalue weighted by atomic mass is 9.97. The Labute approximate surface area is 201 Å². The minimum atomic E-state index is -0.297. The predicted octanol–water partition coefficient (Wildman–Crippen LogP) is 5.36. The van der Waals surface area contributed by atoms with E-state index < -0.39 is 0 Å². The number of methoxy groups -OCH3 is 1. The minimum Gasteiger partial charge on any atom is -0.497 e. The molecular formula is C29H30N2O3. The van der Waals surface area contributed by atoms with Crippen LogP contribution in [0.4, 0.5) is 5.69 Å². The first-order chi connectivity index (χ1) is 16.3. The molecule has 0 unspecified atom stereocenters. The quantitative estimate of drug-likeness (QED) is 0.488. The molecule has 4 rings (SSSR count). The van der Waals surface area contributed by atoms with E-state index in [-0.39, 0.29) is 11.8 Å². The second-order valence-corrected chi connectivity index (χ2v) is 8.80.